The van der Waals surface area contributed by atoms with Gasteiger partial charge in [0.2, 0.25) is 0 Å². The van der Waals surface area contributed by atoms with Gasteiger partial charge in [0.15, 0.2) is 0 Å². The van der Waals surface area contributed by atoms with Crippen molar-refractivity contribution in [3.63, 3.8) is 0 Å². The maximum Gasteiger partial charge on any atom is 0.255 e. The molecule has 1 amide bonds. The molecule has 0 radical (unpaired) electrons. The highest BCUT2D eigenvalue weighted by atomic mass is 32.1. The number of thiophene rings is 1. The van der Waals surface area contributed by atoms with E-state index in [1.54, 1.807) is 0 Å². The molecule has 166 valence electrons. The van der Waals surface area contributed by atoms with Gasteiger partial charge in [-0.3, -0.25) is 14.7 Å². The lowest BCUT2D eigenvalue weighted by Gasteiger charge is -2.44. The van der Waals surface area contributed by atoms with E-state index in [0.717, 1.165) is 62.4 Å². The first-order valence-electron chi connectivity index (χ1n) is 12.2. The van der Waals surface area contributed by atoms with Gasteiger partial charge in [-0.05, 0) is 88.0 Å². The second kappa shape index (κ2) is 9.41. The number of hydrogen-bond donors (Lipinski definition) is 0. The Kier molecular flexibility index (Phi) is 6.42. The van der Waals surface area contributed by atoms with Crippen LogP contribution in [0.2, 0.25) is 0 Å². The third-order valence-electron chi connectivity index (χ3n) is 7.73. The molecule has 1 aliphatic carbocycles. The lowest BCUT2D eigenvalue weighted by atomic mass is 9.78. The molecule has 4 nitrogen and oxygen atoms in total. The average molecular weight is 438 g/mol. The zero-order valence-electron chi connectivity index (χ0n) is 18.8. The summed E-state index contributed by atoms with van der Waals surface area (Å²) in [4.78, 5) is 25.0. The normalized spacial score (nSPS) is 25.4. The van der Waals surface area contributed by atoms with Crippen molar-refractivity contribution in [1.29, 1.82) is 0 Å². The highest BCUT2D eigenvalue weighted by Crippen LogP contribution is 2.37. The Balaban J connectivity index is 1.32. The first kappa shape index (κ1) is 21.1. The van der Waals surface area contributed by atoms with Crippen molar-refractivity contribution in [2.45, 2.75) is 76.8 Å². The molecule has 31 heavy (non-hydrogen) atoms. The zero-order valence-corrected chi connectivity index (χ0v) is 19.6. The van der Waals surface area contributed by atoms with E-state index >= 15 is 0 Å². The van der Waals surface area contributed by atoms with Crippen LogP contribution in [0.25, 0.3) is 0 Å². The molecular formula is C26H35N3OS. The monoisotopic (exact) mass is 437 g/mol. The lowest BCUT2D eigenvalue weighted by Crippen LogP contribution is -2.50. The molecule has 5 heteroatoms. The van der Waals surface area contributed by atoms with E-state index in [1.165, 1.54) is 37.0 Å². The van der Waals surface area contributed by atoms with Gasteiger partial charge in [0, 0.05) is 35.6 Å². The first-order chi connectivity index (χ1) is 15.2. The van der Waals surface area contributed by atoms with Gasteiger partial charge in [-0.25, -0.2) is 0 Å². The Morgan fingerprint density at radius 1 is 1.03 bits per heavy atom. The minimum Gasteiger partial charge on any atom is -0.335 e. The molecule has 3 aliphatic rings. The van der Waals surface area contributed by atoms with Gasteiger partial charge >= 0.3 is 0 Å². The summed E-state index contributed by atoms with van der Waals surface area (Å²) in [7, 11) is 0. The molecule has 2 atom stereocenters. The number of aryl methyl sites for hydroxylation is 1. The van der Waals surface area contributed by atoms with Crippen LogP contribution in [0.4, 0.5) is 0 Å². The fraction of sp³-hybridized carbons (Fsp3) is 0.615. The van der Waals surface area contributed by atoms with Crippen molar-refractivity contribution in [1.82, 2.24) is 14.8 Å². The smallest absolute Gasteiger partial charge is 0.255 e. The molecule has 2 unspecified atom stereocenters. The largest absolute Gasteiger partial charge is 0.335 e. The number of aromatic nitrogens is 1. The molecule has 2 aromatic heterocycles. The Bertz CT molecular complexity index is 886. The predicted molar refractivity (Wildman–Crippen MR) is 127 cm³/mol. The van der Waals surface area contributed by atoms with Crippen LogP contribution in [0.5, 0.6) is 0 Å². The third-order valence-corrected chi connectivity index (χ3v) is 8.59. The molecule has 2 saturated heterocycles. The van der Waals surface area contributed by atoms with Crippen LogP contribution in [0, 0.1) is 12.8 Å². The quantitative estimate of drug-likeness (QED) is 0.622. The lowest BCUT2D eigenvalue weighted by molar-refractivity contribution is 0.0388. The fourth-order valence-corrected chi connectivity index (χ4v) is 6.83. The van der Waals surface area contributed by atoms with Gasteiger partial charge in [0.1, 0.15) is 0 Å². The zero-order chi connectivity index (χ0) is 21.2. The van der Waals surface area contributed by atoms with Gasteiger partial charge < -0.3 is 4.90 Å². The summed E-state index contributed by atoms with van der Waals surface area (Å²) in [5.41, 5.74) is 2.98. The number of pyridine rings is 1. The maximum atomic E-state index is 13.8. The summed E-state index contributed by atoms with van der Waals surface area (Å²) >= 11 is 1.84. The number of amides is 1. The number of likely N-dealkylation sites (tertiary alicyclic amines) is 2. The van der Waals surface area contributed by atoms with Crippen molar-refractivity contribution in [2.75, 3.05) is 19.6 Å². The molecule has 2 aliphatic heterocycles. The van der Waals surface area contributed by atoms with Gasteiger partial charge in [0.25, 0.3) is 5.91 Å². The minimum atomic E-state index is 0.250. The summed E-state index contributed by atoms with van der Waals surface area (Å²) in [6, 6.07) is 8.93. The number of hydrogen-bond acceptors (Lipinski definition) is 4. The highest BCUT2D eigenvalue weighted by Gasteiger charge is 2.37. The molecule has 5 rings (SSSR count). The number of carbonyl (C=O) groups excluding carboxylic acids is 1. The summed E-state index contributed by atoms with van der Waals surface area (Å²) in [6.45, 7) is 6.20. The summed E-state index contributed by atoms with van der Waals surface area (Å²) < 4.78 is 0. The Morgan fingerprint density at radius 3 is 2.65 bits per heavy atom. The molecule has 0 bridgehead atoms. The molecule has 3 fully saturated rings. The molecule has 1 saturated carbocycles. The molecule has 0 spiro atoms. The number of rotatable bonds is 4. The van der Waals surface area contributed by atoms with Crippen LogP contribution in [0.3, 0.4) is 0 Å². The van der Waals surface area contributed by atoms with Crippen LogP contribution in [0.1, 0.15) is 83.9 Å². The maximum absolute atomic E-state index is 13.8. The molecule has 2 aromatic rings. The van der Waals surface area contributed by atoms with Gasteiger partial charge in [-0.1, -0.05) is 18.9 Å². The number of fused-ring (bicyclic) bond motifs is 1. The Hall–Kier alpha value is -1.72. The topological polar surface area (TPSA) is 36.4 Å². The van der Waals surface area contributed by atoms with Gasteiger partial charge in [0.05, 0.1) is 11.3 Å². The second-order valence-corrected chi connectivity index (χ2v) is 10.8. The van der Waals surface area contributed by atoms with Crippen LogP contribution in [0.15, 0.2) is 29.6 Å². The Morgan fingerprint density at radius 2 is 1.84 bits per heavy atom. The predicted octanol–water partition coefficient (Wildman–Crippen LogP) is 5.63. The van der Waals surface area contributed by atoms with E-state index in [9.17, 15) is 4.79 Å². The molecule has 0 aromatic carbocycles. The minimum absolute atomic E-state index is 0.250. The standard InChI is InChI=1S/C26H35N3OS/c1-19-10-11-23(26(30)29-14-4-7-20-6-2-3-9-24(20)29)25(27-19)21-12-15-28(16-13-21)18-22-8-5-17-31-22/h5,8,10-11,17,20-21,24H,2-4,6-7,9,12-16,18H2,1H3. The fourth-order valence-electron chi connectivity index (χ4n) is 6.09. The van der Waals surface area contributed by atoms with Crippen molar-refractivity contribution in [3.8, 4) is 0 Å². The summed E-state index contributed by atoms with van der Waals surface area (Å²) in [5, 5.41) is 2.16. The van der Waals surface area contributed by atoms with Crippen molar-refractivity contribution in [2.24, 2.45) is 5.92 Å². The number of nitrogens with zero attached hydrogens (tertiary/aromatic N) is 3. The van der Waals surface area contributed by atoms with E-state index in [1.807, 2.05) is 17.4 Å². The van der Waals surface area contributed by atoms with Crippen molar-refractivity contribution in [3.05, 3.63) is 51.5 Å². The van der Waals surface area contributed by atoms with E-state index in [-0.39, 0.29) is 5.91 Å². The van der Waals surface area contributed by atoms with Gasteiger partial charge in [-0.2, -0.15) is 0 Å². The van der Waals surface area contributed by atoms with E-state index < -0.39 is 0 Å². The average Bonchev–Trinajstić information content (AvgIpc) is 3.32. The van der Waals surface area contributed by atoms with Gasteiger partial charge in [-0.15, -0.1) is 11.3 Å². The Labute approximate surface area is 190 Å². The molecule has 4 heterocycles. The van der Waals surface area contributed by atoms with E-state index in [2.05, 4.69) is 40.3 Å². The first-order valence-corrected chi connectivity index (χ1v) is 13.1. The van der Waals surface area contributed by atoms with Crippen LogP contribution >= 0.6 is 11.3 Å². The summed E-state index contributed by atoms with van der Waals surface area (Å²) in [6.07, 6.45) is 9.74. The van der Waals surface area contributed by atoms with Crippen LogP contribution in [-0.4, -0.2) is 46.4 Å². The second-order valence-electron chi connectivity index (χ2n) is 9.77. The van der Waals surface area contributed by atoms with E-state index in [4.69, 9.17) is 4.98 Å². The SMILES string of the molecule is Cc1ccc(C(=O)N2CCCC3CCCCC32)c(C2CCN(Cc3cccs3)CC2)n1. The third kappa shape index (κ3) is 4.58. The number of piperidine rings is 2. The molecular weight excluding hydrogens is 402 g/mol. The van der Waals surface area contributed by atoms with E-state index in [0.29, 0.717) is 17.9 Å². The summed E-state index contributed by atoms with van der Waals surface area (Å²) in [5.74, 6) is 1.36. The van der Waals surface area contributed by atoms with Crippen molar-refractivity contribution >= 4 is 17.2 Å². The van der Waals surface area contributed by atoms with Crippen molar-refractivity contribution < 1.29 is 4.79 Å². The number of carbonyl (C=O) groups is 1. The van der Waals surface area contributed by atoms with Crippen LogP contribution < -0.4 is 0 Å². The van der Waals surface area contributed by atoms with Crippen LogP contribution in [-0.2, 0) is 6.54 Å². The highest BCUT2D eigenvalue weighted by molar-refractivity contribution is 7.09. The molecule has 0 N–H and O–H groups in total.